The van der Waals surface area contributed by atoms with Gasteiger partial charge in [0.1, 0.15) is 5.82 Å². The van der Waals surface area contributed by atoms with E-state index >= 15 is 0 Å². The number of methoxy groups -OCH3 is 1. The topological polar surface area (TPSA) is 47.6 Å². The summed E-state index contributed by atoms with van der Waals surface area (Å²) in [6.07, 6.45) is 3.13. The molecule has 2 aromatic carbocycles. The number of alkyl halides is 2. The Bertz CT molecular complexity index is 761. The van der Waals surface area contributed by atoms with Gasteiger partial charge in [-0.1, -0.05) is 24.3 Å². The van der Waals surface area contributed by atoms with Crippen LogP contribution < -0.4 is 14.8 Å². The van der Waals surface area contributed by atoms with Crippen LogP contribution >= 0.6 is 0 Å². The quantitative estimate of drug-likeness (QED) is 0.724. The van der Waals surface area contributed by atoms with Crippen LogP contribution in [0.5, 0.6) is 11.5 Å². The molecule has 0 bridgehead atoms. The molecule has 0 atom stereocenters. The monoisotopic (exact) mass is 365 g/mol. The Labute approximate surface area is 149 Å². The lowest BCUT2D eigenvalue weighted by molar-refractivity contribution is -0.116. The van der Waals surface area contributed by atoms with Crippen molar-refractivity contribution >= 4 is 12.0 Å². The predicted molar refractivity (Wildman–Crippen MR) is 91.8 cm³/mol. The van der Waals surface area contributed by atoms with Crippen LogP contribution in [0.1, 0.15) is 11.1 Å². The van der Waals surface area contributed by atoms with Gasteiger partial charge >= 0.3 is 6.61 Å². The number of benzene rings is 2. The Hall–Kier alpha value is -2.96. The maximum atomic E-state index is 12.8. The first-order chi connectivity index (χ1) is 12.5. The van der Waals surface area contributed by atoms with Crippen LogP contribution in [0.15, 0.2) is 48.5 Å². The van der Waals surface area contributed by atoms with E-state index in [1.807, 2.05) is 0 Å². The van der Waals surface area contributed by atoms with E-state index in [1.54, 1.807) is 18.2 Å². The molecule has 7 heteroatoms. The number of amides is 1. The van der Waals surface area contributed by atoms with E-state index in [9.17, 15) is 18.0 Å². The summed E-state index contributed by atoms with van der Waals surface area (Å²) in [6, 6.07) is 10.6. The molecule has 0 fully saturated rings. The molecule has 0 heterocycles. The number of hydrogen-bond acceptors (Lipinski definition) is 3. The first-order valence-electron chi connectivity index (χ1n) is 7.81. The van der Waals surface area contributed by atoms with Crippen molar-refractivity contribution in [2.45, 2.75) is 13.0 Å². The first-order valence-corrected chi connectivity index (χ1v) is 7.81. The third-order valence-electron chi connectivity index (χ3n) is 3.48. The lowest BCUT2D eigenvalue weighted by Crippen LogP contribution is -2.23. The highest BCUT2D eigenvalue weighted by atomic mass is 19.3. The number of nitrogens with one attached hydrogen (secondary N) is 1. The van der Waals surface area contributed by atoms with Crippen molar-refractivity contribution in [3.05, 3.63) is 65.5 Å². The number of hydrogen-bond donors (Lipinski definition) is 1. The van der Waals surface area contributed by atoms with Crippen molar-refractivity contribution < 1.29 is 27.4 Å². The van der Waals surface area contributed by atoms with Crippen LogP contribution in [0, 0.1) is 5.82 Å². The molecule has 0 saturated heterocycles. The number of carbonyl (C=O) groups is 1. The molecular formula is C19H18F3NO3. The third-order valence-corrected chi connectivity index (χ3v) is 3.48. The van der Waals surface area contributed by atoms with E-state index in [1.165, 1.54) is 43.5 Å². The molecule has 138 valence electrons. The molecule has 26 heavy (non-hydrogen) atoms. The number of carbonyl (C=O) groups excluding carboxylic acids is 1. The largest absolute Gasteiger partial charge is 0.493 e. The molecule has 2 rings (SSSR count). The van der Waals surface area contributed by atoms with Gasteiger partial charge in [-0.3, -0.25) is 4.79 Å². The van der Waals surface area contributed by atoms with Gasteiger partial charge < -0.3 is 14.8 Å². The Balaban J connectivity index is 1.95. The highest BCUT2D eigenvalue weighted by Crippen LogP contribution is 2.33. The molecule has 0 aliphatic carbocycles. The van der Waals surface area contributed by atoms with Crippen molar-refractivity contribution in [2.75, 3.05) is 13.7 Å². The molecule has 0 aromatic heterocycles. The summed E-state index contributed by atoms with van der Waals surface area (Å²) in [5.74, 6) is -0.705. The van der Waals surface area contributed by atoms with E-state index in [-0.39, 0.29) is 17.3 Å². The van der Waals surface area contributed by atoms with E-state index in [0.29, 0.717) is 18.5 Å². The second-order valence-corrected chi connectivity index (χ2v) is 5.26. The van der Waals surface area contributed by atoms with Crippen LogP contribution in [-0.4, -0.2) is 26.2 Å². The van der Waals surface area contributed by atoms with Crippen molar-refractivity contribution in [1.29, 1.82) is 0 Å². The lowest BCUT2D eigenvalue weighted by atomic mass is 10.1. The standard InChI is InChI=1S/C19H18F3NO3/c1-25-16-4-2-3-14(18(16)26-19(21)22)7-10-17(24)23-12-11-13-5-8-15(20)9-6-13/h2-10,19H,11-12H2,1H3,(H,23,24)/b10-7+. The molecule has 0 radical (unpaired) electrons. The fourth-order valence-electron chi connectivity index (χ4n) is 2.25. The maximum absolute atomic E-state index is 12.8. The highest BCUT2D eigenvalue weighted by molar-refractivity contribution is 5.92. The Morgan fingerprint density at radius 2 is 1.92 bits per heavy atom. The normalized spacial score (nSPS) is 11.0. The minimum absolute atomic E-state index is 0.139. The molecule has 0 aliphatic rings. The van der Waals surface area contributed by atoms with Gasteiger partial charge in [0.2, 0.25) is 5.91 Å². The van der Waals surface area contributed by atoms with E-state index < -0.39 is 12.5 Å². The average molecular weight is 365 g/mol. The SMILES string of the molecule is COc1cccc(/C=C/C(=O)NCCc2ccc(F)cc2)c1OC(F)F. The summed E-state index contributed by atoms with van der Waals surface area (Å²) in [5, 5.41) is 2.67. The van der Waals surface area contributed by atoms with Gasteiger partial charge in [0.05, 0.1) is 7.11 Å². The summed E-state index contributed by atoms with van der Waals surface area (Å²) < 4.78 is 47.4. The number of para-hydroxylation sites is 1. The Morgan fingerprint density at radius 3 is 2.58 bits per heavy atom. The lowest BCUT2D eigenvalue weighted by Gasteiger charge is -2.12. The van der Waals surface area contributed by atoms with E-state index in [0.717, 1.165) is 5.56 Å². The summed E-state index contributed by atoms with van der Waals surface area (Å²) in [5.41, 5.74) is 1.18. The minimum atomic E-state index is -3.01. The van der Waals surface area contributed by atoms with Crippen LogP contribution in [0.25, 0.3) is 6.08 Å². The van der Waals surface area contributed by atoms with E-state index in [4.69, 9.17) is 4.74 Å². The van der Waals surface area contributed by atoms with Gasteiger partial charge in [-0.2, -0.15) is 8.78 Å². The molecule has 4 nitrogen and oxygen atoms in total. The number of rotatable bonds is 8. The zero-order valence-electron chi connectivity index (χ0n) is 14.0. The van der Waals surface area contributed by atoms with Gasteiger partial charge in [-0.05, 0) is 36.3 Å². The minimum Gasteiger partial charge on any atom is -0.493 e. The van der Waals surface area contributed by atoms with Gasteiger partial charge in [-0.25, -0.2) is 4.39 Å². The van der Waals surface area contributed by atoms with Gasteiger partial charge in [0.25, 0.3) is 0 Å². The molecule has 0 spiro atoms. The van der Waals surface area contributed by atoms with Crippen molar-refractivity contribution in [1.82, 2.24) is 5.32 Å². The van der Waals surface area contributed by atoms with Crippen LogP contribution in [0.2, 0.25) is 0 Å². The van der Waals surface area contributed by atoms with Crippen LogP contribution in [0.3, 0.4) is 0 Å². The van der Waals surface area contributed by atoms with Gasteiger partial charge in [0, 0.05) is 18.2 Å². The zero-order chi connectivity index (χ0) is 18.9. The fraction of sp³-hybridized carbons (Fsp3) is 0.211. The summed E-state index contributed by atoms with van der Waals surface area (Å²) >= 11 is 0. The van der Waals surface area contributed by atoms with Gasteiger partial charge in [0.15, 0.2) is 11.5 Å². The van der Waals surface area contributed by atoms with Crippen LogP contribution in [0.4, 0.5) is 13.2 Å². The number of ether oxygens (including phenoxy) is 2. The predicted octanol–water partition coefficient (Wildman–Crippen LogP) is 3.81. The molecule has 0 saturated carbocycles. The smallest absolute Gasteiger partial charge is 0.387 e. The molecule has 0 unspecified atom stereocenters. The van der Waals surface area contributed by atoms with Crippen LogP contribution in [-0.2, 0) is 11.2 Å². The number of halogens is 3. The molecule has 2 aromatic rings. The summed E-state index contributed by atoms with van der Waals surface area (Å²) in [4.78, 5) is 11.9. The van der Waals surface area contributed by atoms with E-state index in [2.05, 4.69) is 10.1 Å². The molecule has 1 N–H and O–H groups in total. The molecule has 1 amide bonds. The summed E-state index contributed by atoms with van der Waals surface area (Å²) in [6.45, 7) is -2.66. The molecular weight excluding hydrogens is 347 g/mol. The van der Waals surface area contributed by atoms with Crippen molar-refractivity contribution in [2.24, 2.45) is 0 Å². The first kappa shape index (κ1) is 19.4. The zero-order valence-corrected chi connectivity index (χ0v) is 14.0. The van der Waals surface area contributed by atoms with Gasteiger partial charge in [-0.15, -0.1) is 0 Å². The summed E-state index contributed by atoms with van der Waals surface area (Å²) in [7, 11) is 1.34. The average Bonchev–Trinajstić information content (AvgIpc) is 2.62. The van der Waals surface area contributed by atoms with Crippen molar-refractivity contribution in [3.63, 3.8) is 0 Å². The molecule has 0 aliphatic heterocycles. The fourth-order valence-corrected chi connectivity index (χ4v) is 2.25. The third kappa shape index (κ3) is 5.84. The second kappa shape index (κ2) is 9.50. The second-order valence-electron chi connectivity index (χ2n) is 5.26. The maximum Gasteiger partial charge on any atom is 0.387 e. The Morgan fingerprint density at radius 1 is 1.19 bits per heavy atom. The van der Waals surface area contributed by atoms with Crippen molar-refractivity contribution in [3.8, 4) is 11.5 Å². The highest BCUT2D eigenvalue weighted by Gasteiger charge is 2.13. The Kier molecular flexibility index (Phi) is 7.08.